The van der Waals surface area contributed by atoms with E-state index in [1.54, 1.807) is 0 Å². The largest absolute Gasteiger partial charge is 0.441 e. The average molecular weight is 386 g/mol. The molecule has 1 saturated heterocycles. The van der Waals surface area contributed by atoms with E-state index in [-0.39, 0.29) is 17.7 Å². The smallest absolute Gasteiger partial charge is 0.226 e. The first-order valence-corrected chi connectivity index (χ1v) is 9.97. The molecule has 1 aliphatic rings. The Morgan fingerprint density at radius 3 is 2.50 bits per heavy atom. The number of nitrogens with one attached hydrogen (secondary N) is 1. The minimum Gasteiger partial charge on any atom is -0.441 e. The fourth-order valence-electron chi connectivity index (χ4n) is 3.22. The van der Waals surface area contributed by atoms with Crippen LogP contribution in [0.25, 0.3) is 11.5 Å². The van der Waals surface area contributed by atoms with Gasteiger partial charge >= 0.3 is 0 Å². The van der Waals surface area contributed by atoms with Crippen molar-refractivity contribution in [2.24, 2.45) is 0 Å². The molecule has 28 heavy (non-hydrogen) atoms. The van der Waals surface area contributed by atoms with Crippen LogP contribution in [0.4, 0.5) is 0 Å². The number of aromatic nitrogens is 1. The number of hydrogen-bond donors (Lipinski definition) is 1. The summed E-state index contributed by atoms with van der Waals surface area (Å²) in [6, 6.07) is 8.26. The summed E-state index contributed by atoms with van der Waals surface area (Å²) in [5.41, 5.74) is 2.99. The first-order chi connectivity index (χ1) is 13.3. The predicted octanol–water partition coefficient (Wildman–Crippen LogP) is 2.94. The van der Waals surface area contributed by atoms with E-state index in [1.165, 1.54) is 5.56 Å². The van der Waals surface area contributed by atoms with Gasteiger partial charge in [0.15, 0.2) is 0 Å². The molecule has 1 aromatic carbocycles. The number of rotatable bonds is 6. The summed E-state index contributed by atoms with van der Waals surface area (Å²) in [6.45, 7) is 13.3. The highest BCUT2D eigenvalue weighted by Gasteiger charge is 2.17. The maximum atomic E-state index is 12.3. The minimum absolute atomic E-state index is 0.0284. The van der Waals surface area contributed by atoms with Crippen LogP contribution in [0, 0.1) is 6.92 Å². The number of carbonyl (C=O) groups is 1. The summed E-state index contributed by atoms with van der Waals surface area (Å²) in [6.07, 6.45) is 0.235. The SMILES string of the molecule is Cc1oc(-c2ccc(C(C)(C)C)cc2)nc1CC(=O)NCCN1CCOCC1. The number of carbonyl (C=O) groups excluding carboxylic acids is 1. The molecule has 1 aliphatic heterocycles. The first-order valence-electron chi connectivity index (χ1n) is 9.97. The Balaban J connectivity index is 1.55. The number of amides is 1. The van der Waals surface area contributed by atoms with Gasteiger partial charge in [0.05, 0.1) is 25.3 Å². The predicted molar refractivity (Wildman–Crippen MR) is 109 cm³/mol. The van der Waals surface area contributed by atoms with Crippen molar-refractivity contribution in [3.05, 3.63) is 41.3 Å². The highest BCUT2D eigenvalue weighted by molar-refractivity contribution is 5.78. The van der Waals surface area contributed by atoms with Crippen LogP contribution in [0.1, 0.15) is 37.8 Å². The molecule has 6 heteroatoms. The third kappa shape index (κ3) is 5.42. The van der Waals surface area contributed by atoms with Crippen molar-refractivity contribution in [1.29, 1.82) is 0 Å². The van der Waals surface area contributed by atoms with Gasteiger partial charge < -0.3 is 14.5 Å². The standard InChI is InChI=1S/C22H31N3O3/c1-16-19(15-20(26)23-9-10-25-11-13-27-14-12-25)24-21(28-16)17-5-7-18(8-6-17)22(2,3)4/h5-8H,9-15H2,1-4H3,(H,23,26). The Kier molecular flexibility index (Phi) is 6.52. The second-order valence-electron chi connectivity index (χ2n) is 8.33. The Hall–Kier alpha value is -2.18. The zero-order valence-corrected chi connectivity index (χ0v) is 17.4. The van der Waals surface area contributed by atoms with Crippen molar-refractivity contribution >= 4 is 5.91 Å². The van der Waals surface area contributed by atoms with Gasteiger partial charge in [-0.15, -0.1) is 0 Å². The number of nitrogens with zero attached hydrogens (tertiary/aromatic N) is 2. The van der Waals surface area contributed by atoms with Crippen LogP contribution < -0.4 is 5.32 Å². The van der Waals surface area contributed by atoms with Gasteiger partial charge in [0.1, 0.15) is 5.76 Å². The molecule has 0 radical (unpaired) electrons. The lowest BCUT2D eigenvalue weighted by Crippen LogP contribution is -2.41. The molecule has 152 valence electrons. The molecule has 0 atom stereocenters. The molecular weight excluding hydrogens is 354 g/mol. The van der Waals surface area contributed by atoms with E-state index in [0.29, 0.717) is 23.9 Å². The monoisotopic (exact) mass is 385 g/mol. The van der Waals surface area contributed by atoms with Crippen LogP contribution in [0.15, 0.2) is 28.7 Å². The van der Waals surface area contributed by atoms with E-state index in [9.17, 15) is 4.79 Å². The molecule has 3 rings (SSSR count). The molecule has 0 aliphatic carbocycles. The molecule has 0 unspecified atom stereocenters. The van der Waals surface area contributed by atoms with Crippen molar-refractivity contribution in [2.75, 3.05) is 39.4 Å². The van der Waals surface area contributed by atoms with Gasteiger partial charge in [-0.1, -0.05) is 32.9 Å². The lowest BCUT2D eigenvalue weighted by molar-refractivity contribution is -0.120. The van der Waals surface area contributed by atoms with Crippen LogP contribution in [0.3, 0.4) is 0 Å². The van der Waals surface area contributed by atoms with Crippen LogP contribution >= 0.6 is 0 Å². The Morgan fingerprint density at radius 2 is 1.86 bits per heavy atom. The molecule has 1 amide bonds. The highest BCUT2D eigenvalue weighted by Crippen LogP contribution is 2.27. The molecule has 0 saturated carbocycles. The van der Waals surface area contributed by atoms with Crippen molar-refractivity contribution in [3.8, 4) is 11.5 Å². The van der Waals surface area contributed by atoms with E-state index in [0.717, 1.165) is 38.4 Å². The third-order valence-electron chi connectivity index (χ3n) is 5.07. The number of morpholine rings is 1. The third-order valence-corrected chi connectivity index (χ3v) is 5.07. The quantitative estimate of drug-likeness (QED) is 0.828. The summed E-state index contributed by atoms with van der Waals surface area (Å²) < 4.78 is 11.1. The zero-order chi connectivity index (χ0) is 20.1. The topological polar surface area (TPSA) is 67.6 Å². The van der Waals surface area contributed by atoms with Gasteiger partial charge in [0.25, 0.3) is 0 Å². The van der Waals surface area contributed by atoms with Gasteiger partial charge in [0.2, 0.25) is 11.8 Å². The molecule has 2 heterocycles. The normalized spacial score (nSPS) is 15.6. The van der Waals surface area contributed by atoms with Crippen molar-refractivity contribution < 1.29 is 13.9 Å². The van der Waals surface area contributed by atoms with Crippen LogP contribution in [-0.4, -0.2) is 55.2 Å². The molecule has 0 spiro atoms. The van der Waals surface area contributed by atoms with Crippen LogP contribution in [0.2, 0.25) is 0 Å². The molecule has 0 bridgehead atoms. The first kappa shape index (κ1) is 20.6. The summed E-state index contributed by atoms with van der Waals surface area (Å²) in [4.78, 5) is 19.1. The molecule has 2 aromatic rings. The van der Waals surface area contributed by atoms with E-state index < -0.39 is 0 Å². The minimum atomic E-state index is -0.0284. The Labute approximate surface area is 167 Å². The number of hydrogen-bond acceptors (Lipinski definition) is 5. The van der Waals surface area contributed by atoms with Crippen molar-refractivity contribution in [2.45, 2.75) is 39.5 Å². The molecule has 1 aromatic heterocycles. The Morgan fingerprint density at radius 1 is 1.18 bits per heavy atom. The highest BCUT2D eigenvalue weighted by atomic mass is 16.5. The number of oxazole rings is 1. The van der Waals surface area contributed by atoms with Gasteiger partial charge in [-0.3, -0.25) is 9.69 Å². The second-order valence-corrected chi connectivity index (χ2v) is 8.33. The average Bonchev–Trinajstić information content (AvgIpc) is 3.02. The summed E-state index contributed by atoms with van der Waals surface area (Å²) in [5, 5.41) is 2.98. The number of benzene rings is 1. The summed E-state index contributed by atoms with van der Waals surface area (Å²) >= 11 is 0. The molecule has 1 fully saturated rings. The summed E-state index contributed by atoms with van der Waals surface area (Å²) in [7, 11) is 0. The lowest BCUT2D eigenvalue weighted by atomic mass is 9.87. The molecule has 6 nitrogen and oxygen atoms in total. The second kappa shape index (κ2) is 8.88. The number of ether oxygens (including phenoxy) is 1. The maximum Gasteiger partial charge on any atom is 0.226 e. The maximum absolute atomic E-state index is 12.3. The van der Waals surface area contributed by atoms with Gasteiger partial charge in [-0.25, -0.2) is 4.98 Å². The van der Waals surface area contributed by atoms with E-state index >= 15 is 0 Å². The molecular formula is C22H31N3O3. The zero-order valence-electron chi connectivity index (χ0n) is 17.4. The summed E-state index contributed by atoms with van der Waals surface area (Å²) in [5.74, 6) is 1.23. The molecule has 1 N–H and O–H groups in total. The van der Waals surface area contributed by atoms with Crippen molar-refractivity contribution in [3.63, 3.8) is 0 Å². The van der Waals surface area contributed by atoms with Gasteiger partial charge in [-0.05, 0) is 30.0 Å². The van der Waals surface area contributed by atoms with Gasteiger partial charge in [0, 0.05) is 31.7 Å². The van der Waals surface area contributed by atoms with E-state index in [4.69, 9.17) is 9.15 Å². The van der Waals surface area contributed by atoms with Crippen LogP contribution in [-0.2, 0) is 21.4 Å². The Bertz CT molecular complexity index is 784. The van der Waals surface area contributed by atoms with Gasteiger partial charge in [-0.2, -0.15) is 0 Å². The van der Waals surface area contributed by atoms with Crippen molar-refractivity contribution in [1.82, 2.24) is 15.2 Å². The van der Waals surface area contributed by atoms with E-state index in [1.807, 2.05) is 19.1 Å². The van der Waals surface area contributed by atoms with Crippen LogP contribution in [0.5, 0.6) is 0 Å². The fourth-order valence-corrected chi connectivity index (χ4v) is 3.22. The van der Waals surface area contributed by atoms with E-state index in [2.05, 4.69) is 48.1 Å². The number of aryl methyl sites for hydroxylation is 1. The fraction of sp³-hybridized carbons (Fsp3) is 0.545. The lowest BCUT2D eigenvalue weighted by Gasteiger charge is -2.26.